The topological polar surface area (TPSA) is 48.7 Å². The van der Waals surface area contributed by atoms with Gasteiger partial charge in [0.05, 0.1) is 11.4 Å². The number of nitrogens with one attached hydrogen (secondary N) is 1. The summed E-state index contributed by atoms with van der Waals surface area (Å²) in [6.45, 7) is 3.44. The SMILES string of the molecule is CN=C(NCCc1ccn(-c2ccc(F)cc2)n1)N1CCN(C(C)C(F)(F)F)CC1. The zero-order valence-electron chi connectivity index (χ0n) is 17.0. The first kappa shape index (κ1) is 22.1. The van der Waals surface area contributed by atoms with Crippen molar-refractivity contribution in [2.24, 2.45) is 4.99 Å². The lowest BCUT2D eigenvalue weighted by Crippen LogP contribution is -2.56. The number of benzene rings is 1. The molecular formula is C20H26F4N6. The van der Waals surface area contributed by atoms with Gasteiger partial charge >= 0.3 is 6.18 Å². The smallest absolute Gasteiger partial charge is 0.356 e. The number of aliphatic imine (C=N–C) groups is 1. The molecule has 1 unspecified atom stereocenters. The van der Waals surface area contributed by atoms with Crippen LogP contribution in [0, 0.1) is 5.82 Å². The van der Waals surface area contributed by atoms with Gasteiger partial charge in [-0.05, 0) is 37.3 Å². The van der Waals surface area contributed by atoms with Gasteiger partial charge in [0, 0.05) is 52.4 Å². The fourth-order valence-corrected chi connectivity index (χ4v) is 3.40. The summed E-state index contributed by atoms with van der Waals surface area (Å²) >= 11 is 0. The van der Waals surface area contributed by atoms with Gasteiger partial charge in [-0.2, -0.15) is 18.3 Å². The number of rotatable bonds is 5. The van der Waals surface area contributed by atoms with E-state index in [1.165, 1.54) is 24.0 Å². The maximum absolute atomic E-state index is 13.0. The predicted molar refractivity (Wildman–Crippen MR) is 107 cm³/mol. The fourth-order valence-electron chi connectivity index (χ4n) is 3.40. The summed E-state index contributed by atoms with van der Waals surface area (Å²) in [5.74, 6) is 0.377. The van der Waals surface area contributed by atoms with Crippen molar-refractivity contribution < 1.29 is 17.6 Å². The highest BCUT2D eigenvalue weighted by atomic mass is 19.4. The molecule has 1 aliphatic heterocycles. The minimum absolute atomic E-state index is 0.296. The van der Waals surface area contributed by atoms with Crippen molar-refractivity contribution in [2.45, 2.75) is 25.6 Å². The Bertz CT molecular complexity index is 838. The second-order valence-electron chi connectivity index (χ2n) is 7.19. The number of guanidine groups is 1. The van der Waals surface area contributed by atoms with E-state index in [0.29, 0.717) is 45.1 Å². The molecule has 1 N–H and O–H groups in total. The third kappa shape index (κ3) is 5.50. The molecule has 1 atom stereocenters. The molecule has 2 heterocycles. The monoisotopic (exact) mass is 426 g/mol. The van der Waals surface area contributed by atoms with Crippen LogP contribution in [-0.4, -0.2) is 77.5 Å². The molecule has 1 aromatic carbocycles. The molecule has 10 heteroatoms. The van der Waals surface area contributed by atoms with Crippen LogP contribution in [0.5, 0.6) is 0 Å². The molecule has 30 heavy (non-hydrogen) atoms. The Morgan fingerprint density at radius 3 is 2.40 bits per heavy atom. The molecule has 0 bridgehead atoms. The lowest BCUT2D eigenvalue weighted by Gasteiger charge is -2.39. The summed E-state index contributed by atoms with van der Waals surface area (Å²) in [5.41, 5.74) is 1.64. The number of hydrogen-bond donors (Lipinski definition) is 1. The Morgan fingerprint density at radius 2 is 1.80 bits per heavy atom. The van der Waals surface area contributed by atoms with E-state index in [4.69, 9.17) is 0 Å². The van der Waals surface area contributed by atoms with Gasteiger partial charge in [-0.25, -0.2) is 9.07 Å². The van der Waals surface area contributed by atoms with Crippen LogP contribution in [0.1, 0.15) is 12.6 Å². The predicted octanol–water partition coefficient (Wildman–Crippen LogP) is 2.70. The Balaban J connectivity index is 1.47. The van der Waals surface area contributed by atoms with E-state index < -0.39 is 12.2 Å². The first-order chi connectivity index (χ1) is 14.3. The van der Waals surface area contributed by atoms with Crippen LogP contribution < -0.4 is 5.32 Å². The molecule has 1 fully saturated rings. The number of hydrogen-bond acceptors (Lipinski definition) is 3. The Kier molecular flexibility index (Phi) is 6.96. The van der Waals surface area contributed by atoms with Gasteiger partial charge < -0.3 is 10.2 Å². The van der Waals surface area contributed by atoms with Crippen LogP contribution >= 0.6 is 0 Å². The number of alkyl halides is 3. The molecule has 164 valence electrons. The van der Waals surface area contributed by atoms with E-state index in [1.807, 2.05) is 17.2 Å². The van der Waals surface area contributed by atoms with Crippen LogP contribution in [0.2, 0.25) is 0 Å². The van der Waals surface area contributed by atoms with Gasteiger partial charge in [0.25, 0.3) is 0 Å². The zero-order valence-corrected chi connectivity index (χ0v) is 17.0. The first-order valence-corrected chi connectivity index (χ1v) is 9.85. The molecule has 0 saturated carbocycles. The molecular weight excluding hydrogens is 400 g/mol. The molecule has 0 aliphatic carbocycles. The van der Waals surface area contributed by atoms with Crippen molar-refractivity contribution in [1.82, 2.24) is 24.9 Å². The second-order valence-corrected chi connectivity index (χ2v) is 7.19. The Morgan fingerprint density at radius 1 is 1.13 bits per heavy atom. The van der Waals surface area contributed by atoms with Crippen LogP contribution in [0.25, 0.3) is 5.69 Å². The van der Waals surface area contributed by atoms with E-state index in [2.05, 4.69) is 15.4 Å². The van der Waals surface area contributed by atoms with Crippen LogP contribution in [-0.2, 0) is 6.42 Å². The Labute approximate surface area is 173 Å². The summed E-state index contributed by atoms with van der Waals surface area (Å²) in [7, 11) is 1.66. The third-order valence-electron chi connectivity index (χ3n) is 5.25. The molecule has 0 amide bonds. The molecule has 3 rings (SSSR count). The van der Waals surface area contributed by atoms with Crippen molar-refractivity contribution in [3.63, 3.8) is 0 Å². The van der Waals surface area contributed by atoms with Crippen molar-refractivity contribution >= 4 is 5.96 Å². The third-order valence-corrected chi connectivity index (χ3v) is 5.25. The lowest BCUT2D eigenvalue weighted by molar-refractivity contribution is -0.181. The molecule has 1 aliphatic rings. The molecule has 1 aromatic heterocycles. The number of nitrogens with zero attached hydrogens (tertiary/aromatic N) is 5. The van der Waals surface area contributed by atoms with Crippen LogP contribution in [0.15, 0.2) is 41.5 Å². The largest absolute Gasteiger partial charge is 0.403 e. The average molecular weight is 426 g/mol. The van der Waals surface area contributed by atoms with Crippen LogP contribution in [0.3, 0.4) is 0 Å². The summed E-state index contributed by atoms with van der Waals surface area (Å²) in [4.78, 5) is 7.67. The van der Waals surface area contributed by atoms with Crippen molar-refractivity contribution in [2.75, 3.05) is 39.8 Å². The number of piperazine rings is 1. The molecule has 1 saturated heterocycles. The maximum atomic E-state index is 13.0. The number of halogens is 4. The van der Waals surface area contributed by atoms with E-state index >= 15 is 0 Å². The van der Waals surface area contributed by atoms with Gasteiger partial charge in [0.15, 0.2) is 5.96 Å². The minimum Gasteiger partial charge on any atom is -0.356 e. The van der Waals surface area contributed by atoms with Gasteiger partial charge in [-0.1, -0.05) is 0 Å². The second kappa shape index (κ2) is 9.46. The average Bonchev–Trinajstić information content (AvgIpc) is 3.19. The van der Waals surface area contributed by atoms with Crippen molar-refractivity contribution in [3.05, 3.63) is 48.0 Å². The standard InChI is InChI=1S/C20H26F4N6/c1-15(20(22,23)24)28-11-13-29(14-12-28)19(25-2)26-9-7-17-8-10-30(27-17)18-5-3-16(21)4-6-18/h3-6,8,10,15H,7,9,11-14H2,1-2H3,(H,25,26). The van der Waals surface area contributed by atoms with Gasteiger partial charge in [-0.15, -0.1) is 0 Å². The van der Waals surface area contributed by atoms with E-state index in [0.717, 1.165) is 11.4 Å². The normalized spacial score (nSPS) is 17.3. The summed E-state index contributed by atoms with van der Waals surface area (Å²) in [6.07, 6.45) is -1.74. The van der Waals surface area contributed by atoms with E-state index in [-0.39, 0.29) is 5.82 Å². The van der Waals surface area contributed by atoms with Gasteiger partial charge in [0.2, 0.25) is 0 Å². The van der Waals surface area contributed by atoms with Crippen molar-refractivity contribution in [3.8, 4) is 5.69 Å². The highest BCUT2D eigenvalue weighted by Gasteiger charge is 2.41. The van der Waals surface area contributed by atoms with Crippen LogP contribution in [0.4, 0.5) is 17.6 Å². The lowest BCUT2D eigenvalue weighted by atomic mass is 10.2. The maximum Gasteiger partial charge on any atom is 0.403 e. The fraction of sp³-hybridized carbons (Fsp3) is 0.500. The van der Waals surface area contributed by atoms with Gasteiger partial charge in [-0.3, -0.25) is 9.89 Å². The summed E-state index contributed by atoms with van der Waals surface area (Å²) in [5, 5.41) is 7.74. The van der Waals surface area contributed by atoms with Gasteiger partial charge in [0.1, 0.15) is 11.9 Å². The molecule has 6 nitrogen and oxygen atoms in total. The quantitative estimate of drug-likeness (QED) is 0.454. The highest BCUT2D eigenvalue weighted by molar-refractivity contribution is 5.80. The summed E-state index contributed by atoms with van der Waals surface area (Å²) in [6, 6.07) is 6.54. The van der Waals surface area contributed by atoms with Crippen molar-refractivity contribution in [1.29, 1.82) is 0 Å². The Hall–Kier alpha value is -2.62. The highest BCUT2D eigenvalue weighted by Crippen LogP contribution is 2.25. The molecule has 0 spiro atoms. The minimum atomic E-state index is -4.21. The first-order valence-electron chi connectivity index (χ1n) is 9.85. The van der Waals surface area contributed by atoms with E-state index in [9.17, 15) is 17.6 Å². The molecule has 2 aromatic rings. The zero-order chi connectivity index (χ0) is 21.7. The summed E-state index contributed by atoms with van der Waals surface area (Å²) < 4.78 is 53.4. The van der Waals surface area contributed by atoms with E-state index in [1.54, 1.807) is 23.9 Å². The molecule has 0 radical (unpaired) electrons. The number of aromatic nitrogens is 2.